The van der Waals surface area contributed by atoms with E-state index in [1.54, 1.807) is 18.2 Å². The number of hydrogen-bond donors (Lipinski definition) is 3. The first kappa shape index (κ1) is 37.6. The molecule has 3 fully saturated rings. The summed E-state index contributed by atoms with van der Waals surface area (Å²) < 4.78 is 0. The molecule has 4 aromatic carbocycles. The maximum Gasteiger partial charge on any atom is 0.257 e. The molecule has 3 amide bonds. The molecule has 0 radical (unpaired) electrons. The highest BCUT2D eigenvalue weighted by atomic mass is 16.3. The van der Waals surface area contributed by atoms with E-state index in [2.05, 4.69) is 81.5 Å². The second-order valence-corrected chi connectivity index (χ2v) is 15.7. The predicted octanol–water partition coefficient (Wildman–Crippen LogP) is 5.70. The van der Waals surface area contributed by atoms with Crippen molar-refractivity contribution < 1.29 is 24.6 Å². The Labute approximate surface area is 329 Å². The maximum absolute atomic E-state index is 13.4. The van der Waals surface area contributed by atoms with Crippen molar-refractivity contribution >= 4 is 34.6 Å². The highest BCUT2D eigenvalue weighted by molar-refractivity contribution is 6.06. The van der Waals surface area contributed by atoms with Crippen LogP contribution in [0.25, 0.3) is 11.1 Å². The lowest BCUT2D eigenvalue weighted by Gasteiger charge is -2.44. The van der Waals surface area contributed by atoms with Crippen molar-refractivity contribution in [2.45, 2.75) is 51.3 Å². The molecule has 10 nitrogen and oxygen atoms in total. The summed E-state index contributed by atoms with van der Waals surface area (Å²) in [5.41, 5.74) is 9.24. The summed E-state index contributed by atoms with van der Waals surface area (Å²) in [5, 5.41) is 23.2. The molecular formula is C46H51N5O5. The third-order valence-corrected chi connectivity index (χ3v) is 12.0. The van der Waals surface area contributed by atoms with Crippen LogP contribution >= 0.6 is 0 Å². The fraction of sp³-hybridized carbons (Fsp3) is 0.370. The number of amides is 3. The van der Waals surface area contributed by atoms with Crippen LogP contribution in [0.3, 0.4) is 0 Å². The first-order valence-corrected chi connectivity index (χ1v) is 20.1. The van der Waals surface area contributed by atoms with Gasteiger partial charge in [-0.25, -0.2) is 0 Å². The quantitative estimate of drug-likeness (QED) is 0.125. The zero-order chi connectivity index (χ0) is 38.8. The molecule has 290 valence electrons. The van der Waals surface area contributed by atoms with Crippen LogP contribution < -0.4 is 10.2 Å². The molecule has 8 rings (SSSR count). The van der Waals surface area contributed by atoms with Crippen molar-refractivity contribution in [1.29, 1.82) is 0 Å². The second kappa shape index (κ2) is 16.4. The number of rotatable bonds is 12. The number of piperidine rings is 1. The number of carbonyl (C=O) groups excluding carboxylic acids is 3. The minimum Gasteiger partial charge on any atom is -0.508 e. The van der Waals surface area contributed by atoms with E-state index >= 15 is 0 Å². The van der Waals surface area contributed by atoms with Gasteiger partial charge in [0.25, 0.3) is 5.91 Å². The fourth-order valence-corrected chi connectivity index (χ4v) is 8.99. The summed E-state index contributed by atoms with van der Waals surface area (Å²) in [5.74, 6) is -0.299. The summed E-state index contributed by atoms with van der Waals surface area (Å²) >= 11 is 0. The molecule has 4 heterocycles. The Morgan fingerprint density at radius 1 is 0.804 bits per heavy atom. The van der Waals surface area contributed by atoms with Crippen LogP contribution in [-0.4, -0.2) is 101 Å². The molecule has 3 N–H and O–H groups in total. The van der Waals surface area contributed by atoms with Crippen LogP contribution in [0.4, 0.5) is 5.69 Å². The lowest BCUT2D eigenvalue weighted by Crippen LogP contribution is -2.55. The van der Waals surface area contributed by atoms with E-state index in [9.17, 15) is 24.6 Å². The summed E-state index contributed by atoms with van der Waals surface area (Å²) in [6.45, 7) is 10.3. The Morgan fingerprint density at radius 3 is 2.18 bits per heavy atom. The molecule has 0 aliphatic carbocycles. The van der Waals surface area contributed by atoms with Crippen molar-refractivity contribution in [2.24, 2.45) is 5.92 Å². The highest BCUT2D eigenvalue weighted by Crippen LogP contribution is 2.38. The van der Waals surface area contributed by atoms with E-state index in [-0.39, 0.29) is 30.4 Å². The number of fused-ring (bicyclic) bond motifs is 1. The van der Waals surface area contributed by atoms with E-state index in [4.69, 9.17) is 0 Å². The van der Waals surface area contributed by atoms with Gasteiger partial charge in [-0.3, -0.25) is 29.5 Å². The van der Waals surface area contributed by atoms with E-state index < -0.39 is 18.2 Å². The molecule has 10 heteroatoms. The monoisotopic (exact) mass is 753 g/mol. The topological polar surface area (TPSA) is 117 Å². The molecule has 4 aliphatic rings. The third kappa shape index (κ3) is 7.87. The number of anilines is 1. The number of aliphatic hydroxyl groups excluding tert-OH is 1. The molecule has 0 saturated carbocycles. The van der Waals surface area contributed by atoms with E-state index in [0.29, 0.717) is 17.0 Å². The fourth-order valence-electron chi connectivity index (χ4n) is 8.99. The van der Waals surface area contributed by atoms with Crippen molar-refractivity contribution in [1.82, 2.24) is 20.0 Å². The predicted molar refractivity (Wildman–Crippen MR) is 218 cm³/mol. The number of nitrogens with zero attached hydrogens (tertiary/aromatic N) is 4. The van der Waals surface area contributed by atoms with Gasteiger partial charge in [0.2, 0.25) is 11.8 Å². The van der Waals surface area contributed by atoms with Gasteiger partial charge in [0, 0.05) is 69.0 Å². The number of likely N-dealkylation sites (tertiary alicyclic amines) is 1. The van der Waals surface area contributed by atoms with Crippen LogP contribution in [0, 0.1) is 5.92 Å². The van der Waals surface area contributed by atoms with Crippen molar-refractivity contribution in [3.63, 3.8) is 0 Å². The number of aliphatic hydroxyl groups is 1. The van der Waals surface area contributed by atoms with Crippen molar-refractivity contribution in [3.05, 3.63) is 130 Å². The van der Waals surface area contributed by atoms with Crippen LogP contribution in [0.15, 0.2) is 97.1 Å². The standard InChI is InChI=1S/C46H51N5O5/c1-2-38(33-8-4-3-5-9-33)43(35-14-17-37(52)18-15-35)34-12-10-31(11-13-34)7-6-22-49-29-32(30-49)28-48-23-25-50(26-24-48)36-16-19-39-40(27-36)46(56)51(45(39)55)41-20-21-42(53)47-44(41)54/h3-5,8-19,27,32,41,45,52,55H,2,6-7,20-26,28-30H2,1H3,(H,47,53,54)/b43-38+. The molecule has 56 heavy (non-hydrogen) atoms. The first-order valence-electron chi connectivity index (χ1n) is 20.1. The molecule has 2 unspecified atom stereocenters. The maximum atomic E-state index is 13.4. The molecular weight excluding hydrogens is 703 g/mol. The Hall–Kier alpha value is -5.29. The Balaban J connectivity index is 0.790. The molecule has 2 atom stereocenters. The molecule has 4 aromatic rings. The normalized spacial score (nSPS) is 21.1. The van der Waals surface area contributed by atoms with E-state index in [0.717, 1.165) is 82.9 Å². The average Bonchev–Trinajstić information content (AvgIpc) is 3.45. The largest absolute Gasteiger partial charge is 0.508 e. The number of phenolic OH excluding ortho intramolecular Hbond substituents is 1. The van der Waals surface area contributed by atoms with Gasteiger partial charge < -0.3 is 20.0 Å². The SMILES string of the molecule is CC/C(=C(\c1ccc(O)cc1)c1ccc(CCCN2CC(CN3CCN(c4ccc5c(c4)C(=O)N(C4CCC(=O)NC4=O)C5O)CC3)C2)cc1)c1ccccc1. The number of phenols is 1. The molecule has 0 spiro atoms. The summed E-state index contributed by atoms with van der Waals surface area (Å²) in [4.78, 5) is 46.1. The lowest BCUT2D eigenvalue weighted by molar-refractivity contribution is -0.139. The van der Waals surface area contributed by atoms with Crippen LogP contribution in [-0.2, 0) is 16.0 Å². The third-order valence-electron chi connectivity index (χ3n) is 12.0. The number of piperazine rings is 1. The number of aryl methyl sites for hydroxylation is 1. The number of aromatic hydroxyl groups is 1. The second-order valence-electron chi connectivity index (χ2n) is 15.7. The number of nitrogens with one attached hydrogen (secondary N) is 1. The summed E-state index contributed by atoms with van der Waals surface area (Å²) in [7, 11) is 0. The number of imide groups is 1. The Bertz CT molecular complexity index is 2090. The molecule has 0 bridgehead atoms. The number of allylic oxidation sites excluding steroid dienone is 1. The van der Waals surface area contributed by atoms with Gasteiger partial charge in [-0.2, -0.15) is 0 Å². The van der Waals surface area contributed by atoms with Gasteiger partial charge in [0.15, 0.2) is 6.23 Å². The molecule has 4 aliphatic heterocycles. The van der Waals surface area contributed by atoms with Gasteiger partial charge in [-0.1, -0.05) is 79.7 Å². The van der Waals surface area contributed by atoms with E-state index in [1.807, 2.05) is 24.3 Å². The van der Waals surface area contributed by atoms with E-state index in [1.165, 1.54) is 32.7 Å². The zero-order valence-electron chi connectivity index (χ0n) is 32.1. The van der Waals surface area contributed by atoms with Crippen LogP contribution in [0.2, 0.25) is 0 Å². The van der Waals surface area contributed by atoms with Gasteiger partial charge in [-0.05, 0) is 95.8 Å². The minimum atomic E-state index is -1.20. The number of carbonyl (C=O) groups is 3. The van der Waals surface area contributed by atoms with Crippen LogP contribution in [0.5, 0.6) is 5.75 Å². The van der Waals surface area contributed by atoms with Gasteiger partial charge in [0.1, 0.15) is 11.8 Å². The molecule has 3 saturated heterocycles. The average molecular weight is 754 g/mol. The van der Waals surface area contributed by atoms with Crippen molar-refractivity contribution in [2.75, 3.05) is 57.3 Å². The van der Waals surface area contributed by atoms with Crippen LogP contribution in [0.1, 0.15) is 77.0 Å². The van der Waals surface area contributed by atoms with Crippen molar-refractivity contribution in [3.8, 4) is 5.75 Å². The summed E-state index contributed by atoms with van der Waals surface area (Å²) in [6, 6.07) is 31.9. The lowest BCUT2D eigenvalue weighted by atomic mass is 9.87. The van der Waals surface area contributed by atoms with Gasteiger partial charge >= 0.3 is 0 Å². The Morgan fingerprint density at radius 2 is 1.50 bits per heavy atom. The zero-order valence-corrected chi connectivity index (χ0v) is 32.1. The van der Waals surface area contributed by atoms with Gasteiger partial charge in [0.05, 0.1) is 0 Å². The Kier molecular flexibility index (Phi) is 11.0. The first-order chi connectivity index (χ1) is 27.2. The highest BCUT2D eigenvalue weighted by Gasteiger charge is 2.44. The number of hydrogen-bond acceptors (Lipinski definition) is 8. The summed E-state index contributed by atoms with van der Waals surface area (Å²) in [6.07, 6.45) is 2.23. The molecule has 0 aromatic heterocycles. The smallest absolute Gasteiger partial charge is 0.257 e. The number of benzene rings is 4. The van der Waals surface area contributed by atoms with Gasteiger partial charge in [-0.15, -0.1) is 0 Å². The minimum absolute atomic E-state index is 0.146.